The standard InChI is InChI=1S/C26H23FN6O2/c27-18-3-1-16(2-4-18)23-30-21-14-28-32-25(35)22(21)24(31-23)29-19-5-7-20(8-6-19)33-11-9-26(10-12-33)13-17(26)15-34/h1-8,14-15,17H,9-13H2,(H,32,35)(H,29,30,31). The number of hydrogen-bond donors (Lipinski definition) is 2. The molecule has 3 heterocycles. The number of carbonyl (C=O) groups is 1. The van der Waals surface area contributed by atoms with Crippen LogP contribution in [0.3, 0.4) is 0 Å². The molecule has 6 rings (SSSR count). The summed E-state index contributed by atoms with van der Waals surface area (Å²) in [4.78, 5) is 35.0. The zero-order valence-electron chi connectivity index (χ0n) is 18.9. The highest BCUT2D eigenvalue weighted by Crippen LogP contribution is 2.58. The maximum atomic E-state index is 13.4. The topological polar surface area (TPSA) is 104 Å². The predicted molar refractivity (Wildman–Crippen MR) is 131 cm³/mol. The lowest BCUT2D eigenvalue weighted by Crippen LogP contribution is -2.35. The van der Waals surface area contributed by atoms with Gasteiger partial charge in [-0.25, -0.2) is 19.5 Å². The molecule has 1 spiro atoms. The van der Waals surface area contributed by atoms with Crippen molar-refractivity contribution in [2.75, 3.05) is 23.3 Å². The highest BCUT2D eigenvalue weighted by Gasteiger charge is 2.54. The van der Waals surface area contributed by atoms with Crippen molar-refractivity contribution in [3.05, 3.63) is 70.9 Å². The van der Waals surface area contributed by atoms with Gasteiger partial charge in [0.2, 0.25) is 0 Å². The summed E-state index contributed by atoms with van der Waals surface area (Å²) in [6.45, 7) is 1.88. The van der Waals surface area contributed by atoms with Gasteiger partial charge in [-0.15, -0.1) is 0 Å². The van der Waals surface area contributed by atoms with Gasteiger partial charge in [-0.2, -0.15) is 5.10 Å². The summed E-state index contributed by atoms with van der Waals surface area (Å²) in [6.07, 6.45) is 5.72. The lowest BCUT2D eigenvalue weighted by Gasteiger charge is -2.34. The number of nitrogens with zero attached hydrogens (tertiary/aromatic N) is 4. The third-order valence-electron chi connectivity index (χ3n) is 7.29. The minimum Gasteiger partial charge on any atom is -0.371 e. The molecular formula is C26H23FN6O2. The molecule has 9 heteroatoms. The summed E-state index contributed by atoms with van der Waals surface area (Å²) >= 11 is 0. The molecule has 1 saturated carbocycles. The van der Waals surface area contributed by atoms with Crippen LogP contribution in [0.2, 0.25) is 0 Å². The summed E-state index contributed by atoms with van der Waals surface area (Å²) in [5.74, 6) is 0.604. The van der Waals surface area contributed by atoms with Gasteiger partial charge in [0.15, 0.2) is 5.82 Å². The fourth-order valence-electron chi connectivity index (χ4n) is 5.07. The minimum absolute atomic E-state index is 0.247. The van der Waals surface area contributed by atoms with E-state index in [9.17, 15) is 14.0 Å². The molecule has 0 bridgehead atoms. The van der Waals surface area contributed by atoms with Gasteiger partial charge in [0.25, 0.3) is 5.56 Å². The number of aldehydes is 1. The SMILES string of the molecule is O=CC1CC12CCN(c1ccc(Nc3nc(-c4ccc(F)cc4)nc4cn[nH]c(=O)c34)cc1)CC2. The Morgan fingerprint density at radius 1 is 1.06 bits per heavy atom. The van der Waals surface area contributed by atoms with Crippen LogP contribution in [0.25, 0.3) is 22.3 Å². The number of carbonyl (C=O) groups excluding carboxylic acids is 1. The van der Waals surface area contributed by atoms with Gasteiger partial charge in [-0.3, -0.25) is 4.79 Å². The second kappa shape index (κ2) is 8.26. The maximum Gasteiger partial charge on any atom is 0.277 e. The fraction of sp³-hybridized carbons (Fsp3) is 0.269. The minimum atomic E-state index is -0.400. The van der Waals surface area contributed by atoms with Gasteiger partial charge in [0, 0.05) is 35.9 Å². The molecule has 8 nitrogen and oxygen atoms in total. The smallest absolute Gasteiger partial charge is 0.277 e. The van der Waals surface area contributed by atoms with Crippen LogP contribution in [-0.4, -0.2) is 39.5 Å². The average Bonchev–Trinajstić information content (AvgIpc) is 3.57. The molecule has 2 aliphatic rings. The number of nitrogens with one attached hydrogen (secondary N) is 2. The van der Waals surface area contributed by atoms with E-state index in [-0.39, 0.29) is 17.2 Å². The normalized spacial score (nSPS) is 18.5. The predicted octanol–water partition coefficient (Wildman–Crippen LogP) is 4.07. The highest BCUT2D eigenvalue weighted by atomic mass is 19.1. The van der Waals surface area contributed by atoms with Crippen molar-refractivity contribution in [1.29, 1.82) is 0 Å². The molecule has 0 radical (unpaired) electrons. The van der Waals surface area contributed by atoms with Crippen molar-refractivity contribution in [1.82, 2.24) is 20.2 Å². The first-order chi connectivity index (χ1) is 17.0. The molecule has 1 aliphatic heterocycles. The Hall–Kier alpha value is -4.14. The van der Waals surface area contributed by atoms with E-state index in [1.165, 1.54) is 18.3 Å². The second-order valence-electron chi connectivity index (χ2n) is 9.33. The molecule has 0 amide bonds. The molecule has 1 atom stereocenters. The van der Waals surface area contributed by atoms with Crippen LogP contribution in [0.1, 0.15) is 19.3 Å². The molecular weight excluding hydrogens is 447 g/mol. The molecule has 1 unspecified atom stereocenters. The summed E-state index contributed by atoms with van der Waals surface area (Å²) in [6, 6.07) is 13.9. The van der Waals surface area contributed by atoms with E-state index in [1.807, 2.05) is 24.3 Å². The number of halogens is 1. The first-order valence-corrected chi connectivity index (χ1v) is 11.6. The van der Waals surface area contributed by atoms with Crippen LogP contribution >= 0.6 is 0 Å². The number of aromatic nitrogens is 4. The number of fused-ring (bicyclic) bond motifs is 1. The third-order valence-corrected chi connectivity index (χ3v) is 7.29. The Morgan fingerprint density at radius 3 is 2.49 bits per heavy atom. The third kappa shape index (κ3) is 3.92. The Bertz CT molecular complexity index is 1460. The van der Waals surface area contributed by atoms with Crippen molar-refractivity contribution in [2.24, 2.45) is 11.3 Å². The van der Waals surface area contributed by atoms with Gasteiger partial charge in [-0.05, 0) is 73.2 Å². The Morgan fingerprint density at radius 2 is 1.80 bits per heavy atom. The van der Waals surface area contributed by atoms with Crippen LogP contribution < -0.4 is 15.8 Å². The van der Waals surface area contributed by atoms with Gasteiger partial charge >= 0.3 is 0 Å². The maximum absolute atomic E-state index is 13.4. The number of anilines is 3. The first-order valence-electron chi connectivity index (χ1n) is 11.6. The van der Waals surface area contributed by atoms with Crippen LogP contribution in [0.4, 0.5) is 21.6 Å². The lowest BCUT2D eigenvalue weighted by atomic mass is 9.91. The number of hydrogen-bond acceptors (Lipinski definition) is 7. The summed E-state index contributed by atoms with van der Waals surface area (Å²) in [5, 5.41) is 9.83. The van der Waals surface area contributed by atoms with E-state index < -0.39 is 5.56 Å². The number of aromatic amines is 1. The first kappa shape index (κ1) is 21.4. The van der Waals surface area contributed by atoms with Crippen molar-refractivity contribution in [3.8, 4) is 11.4 Å². The van der Waals surface area contributed by atoms with E-state index >= 15 is 0 Å². The van der Waals surface area contributed by atoms with E-state index in [0.717, 1.165) is 50.0 Å². The van der Waals surface area contributed by atoms with Gasteiger partial charge in [-0.1, -0.05) is 0 Å². The van der Waals surface area contributed by atoms with Gasteiger partial charge < -0.3 is 15.0 Å². The lowest BCUT2D eigenvalue weighted by molar-refractivity contribution is -0.109. The summed E-state index contributed by atoms with van der Waals surface area (Å²) in [7, 11) is 0. The summed E-state index contributed by atoms with van der Waals surface area (Å²) in [5.41, 5.74) is 2.75. The molecule has 4 aromatic rings. The number of piperidine rings is 1. The van der Waals surface area contributed by atoms with E-state index in [0.29, 0.717) is 28.1 Å². The second-order valence-corrected chi connectivity index (χ2v) is 9.33. The van der Waals surface area contributed by atoms with E-state index in [4.69, 9.17) is 0 Å². The van der Waals surface area contributed by atoms with Gasteiger partial charge in [0.1, 0.15) is 28.8 Å². The van der Waals surface area contributed by atoms with E-state index in [1.54, 1.807) is 12.1 Å². The van der Waals surface area contributed by atoms with Crippen LogP contribution in [0.5, 0.6) is 0 Å². The number of benzene rings is 2. The van der Waals surface area contributed by atoms with Crippen LogP contribution in [-0.2, 0) is 4.79 Å². The average molecular weight is 471 g/mol. The molecule has 2 fully saturated rings. The van der Waals surface area contributed by atoms with Crippen molar-refractivity contribution in [3.63, 3.8) is 0 Å². The molecule has 35 heavy (non-hydrogen) atoms. The largest absolute Gasteiger partial charge is 0.371 e. The monoisotopic (exact) mass is 470 g/mol. The van der Waals surface area contributed by atoms with Crippen molar-refractivity contribution < 1.29 is 9.18 Å². The molecule has 176 valence electrons. The molecule has 1 saturated heterocycles. The van der Waals surface area contributed by atoms with Crippen molar-refractivity contribution >= 4 is 34.4 Å². The van der Waals surface area contributed by atoms with Crippen LogP contribution in [0, 0.1) is 17.2 Å². The Labute approximate surface area is 200 Å². The Kier molecular flexibility index (Phi) is 5.05. The zero-order chi connectivity index (χ0) is 24.0. The Balaban J connectivity index is 1.27. The summed E-state index contributed by atoms with van der Waals surface area (Å²) < 4.78 is 13.4. The van der Waals surface area contributed by atoms with Gasteiger partial charge in [0.05, 0.1) is 6.20 Å². The molecule has 2 aromatic carbocycles. The molecule has 2 aromatic heterocycles. The zero-order valence-corrected chi connectivity index (χ0v) is 18.9. The molecule has 1 aliphatic carbocycles. The number of H-pyrrole nitrogens is 1. The van der Waals surface area contributed by atoms with E-state index in [2.05, 4.69) is 30.4 Å². The fourth-order valence-corrected chi connectivity index (χ4v) is 5.07. The van der Waals surface area contributed by atoms with Crippen molar-refractivity contribution in [2.45, 2.75) is 19.3 Å². The highest BCUT2D eigenvalue weighted by molar-refractivity contribution is 5.91. The molecule has 2 N–H and O–H groups in total. The quantitative estimate of drug-likeness (QED) is 0.424. The number of rotatable bonds is 5. The van der Waals surface area contributed by atoms with Crippen LogP contribution in [0.15, 0.2) is 59.5 Å².